The van der Waals surface area contributed by atoms with Crippen LogP contribution < -0.4 is 15.4 Å². The third-order valence-corrected chi connectivity index (χ3v) is 3.16. The lowest BCUT2D eigenvalue weighted by Gasteiger charge is -2.35. The highest BCUT2D eigenvalue weighted by Gasteiger charge is 2.22. The van der Waals surface area contributed by atoms with Crippen LogP contribution in [-0.4, -0.2) is 44.7 Å². The van der Waals surface area contributed by atoms with Gasteiger partial charge in [0.2, 0.25) is 0 Å². The van der Waals surface area contributed by atoms with E-state index in [1.807, 2.05) is 12.1 Å². The predicted octanol–water partition coefficient (Wildman–Crippen LogP) is 1.81. The van der Waals surface area contributed by atoms with Crippen molar-refractivity contribution < 1.29 is 4.74 Å². The lowest BCUT2D eigenvalue weighted by atomic mass is 10.1. The Hall–Kier alpha value is -1.42. The quantitative estimate of drug-likeness (QED) is 0.826. The molecule has 2 N–H and O–H groups in total. The number of hydrogen-bond donors (Lipinski definition) is 1. The first-order chi connectivity index (χ1) is 8.56. The van der Waals surface area contributed by atoms with Crippen LogP contribution in [0.3, 0.4) is 0 Å². The second-order valence-corrected chi connectivity index (χ2v) is 5.26. The molecule has 0 bridgehead atoms. The Morgan fingerprint density at radius 1 is 1.44 bits per heavy atom. The summed E-state index contributed by atoms with van der Waals surface area (Å²) in [4.78, 5) is 4.61. The maximum atomic E-state index is 5.84. The second kappa shape index (κ2) is 5.48. The van der Waals surface area contributed by atoms with Gasteiger partial charge in [0, 0.05) is 18.3 Å². The van der Waals surface area contributed by atoms with Gasteiger partial charge in [-0.15, -0.1) is 0 Å². The van der Waals surface area contributed by atoms with Gasteiger partial charge in [0.1, 0.15) is 11.9 Å². The highest BCUT2D eigenvalue weighted by Crippen LogP contribution is 2.34. The summed E-state index contributed by atoms with van der Waals surface area (Å²) in [6, 6.07) is 5.92. The molecule has 0 radical (unpaired) electrons. The molecule has 0 amide bonds. The molecule has 1 aliphatic heterocycles. The van der Waals surface area contributed by atoms with Gasteiger partial charge >= 0.3 is 0 Å². The van der Waals surface area contributed by atoms with Gasteiger partial charge in [0.25, 0.3) is 0 Å². The molecular formula is C14H23N3O. The third kappa shape index (κ3) is 3.07. The monoisotopic (exact) mass is 249 g/mol. The van der Waals surface area contributed by atoms with Crippen molar-refractivity contribution >= 4 is 11.4 Å². The Kier molecular flexibility index (Phi) is 3.97. The molecule has 0 aromatic heterocycles. The van der Waals surface area contributed by atoms with Crippen molar-refractivity contribution in [1.82, 2.24) is 4.90 Å². The first-order valence-corrected chi connectivity index (χ1v) is 6.52. The Labute approximate surface area is 109 Å². The average Bonchev–Trinajstić information content (AvgIpc) is 2.27. The van der Waals surface area contributed by atoms with Crippen LogP contribution in [0.25, 0.3) is 0 Å². The van der Waals surface area contributed by atoms with E-state index in [1.54, 1.807) is 0 Å². The molecular weight excluding hydrogens is 226 g/mol. The minimum atomic E-state index is 0.221. The standard InChI is InChI=1S/C14H23N3O/c1-11-10-17(8-4-7-16(2)3)13-6-5-12(15)9-14(13)18-11/h5-6,9,11H,4,7-8,10,15H2,1-3H3. The number of fused-ring (bicyclic) bond motifs is 1. The van der Waals surface area contributed by atoms with E-state index in [-0.39, 0.29) is 6.10 Å². The van der Waals surface area contributed by atoms with Gasteiger partial charge in [-0.05, 0) is 46.1 Å². The summed E-state index contributed by atoms with van der Waals surface area (Å²) in [5.41, 5.74) is 7.74. The molecule has 1 heterocycles. The number of anilines is 2. The van der Waals surface area contributed by atoms with E-state index >= 15 is 0 Å². The number of benzene rings is 1. The van der Waals surface area contributed by atoms with Crippen molar-refractivity contribution in [2.45, 2.75) is 19.4 Å². The molecule has 1 aromatic rings. The molecule has 100 valence electrons. The number of ether oxygens (including phenoxy) is 1. The van der Waals surface area contributed by atoms with Crippen LogP contribution in [0.2, 0.25) is 0 Å². The summed E-state index contributed by atoms with van der Waals surface area (Å²) >= 11 is 0. The van der Waals surface area contributed by atoms with Crippen LogP contribution >= 0.6 is 0 Å². The summed E-state index contributed by atoms with van der Waals surface area (Å²) in [5.74, 6) is 0.915. The Bertz CT molecular complexity index is 406. The smallest absolute Gasteiger partial charge is 0.145 e. The Balaban J connectivity index is 2.08. The minimum Gasteiger partial charge on any atom is -0.487 e. The molecule has 0 saturated carbocycles. The van der Waals surface area contributed by atoms with E-state index in [0.717, 1.165) is 37.5 Å². The van der Waals surface area contributed by atoms with E-state index in [2.05, 4.69) is 36.9 Å². The first-order valence-electron chi connectivity index (χ1n) is 6.52. The van der Waals surface area contributed by atoms with Crippen LogP contribution in [0.15, 0.2) is 18.2 Å². The molecule has 4 nitrogen and oxygen atoms in total. The molecule has 0 saturated heterocycles. The van der Waals surface area contributed by atoms with E-state index in [4.69, 9.17) is 10.5 Å². The molecule has 1 atom stereocenters. The fourth-order valence-corrected chi connectivity index (χ4v) is 2.34. The van der Waals surface area contributed by atoms with Crippen LogP contribution in [0, 0.1) is 0 Å². The van der Waals surface area contributed by atoms with Crippen LogP contribution in [0.4, 0.5) is 11.4 Å². The largest absolute Gasteiger partial charge is 0.487 e. The van der Waals surface area contributed by atoms with Crippen LogP contribution in [0.1, 0.15) is 13.3 Å². The summed E-state index contributed by atoms with van der Waals surface area (Å²) in [6.07, 6.45) is 1.38. The molecule has 0 fully saturated rings. The van der Waals surface area contributed by atoms with Gasteiger partial charge in [-0.3, -0.25) is 0 Å². The van der Waals surface area contributed by atoms with Crippen molar-refractivity contribution in [1.29, 1.82) is 0 Å². The highest BCUT2D eigenvalue weighted by atomic mass is 16.5. The zero-order valence-corrected chi connectivity index (χ0v) is 11.5. The van der Waals surface area contributed by atoms with Gasteiger partial charge in [0.15, 0.2) is 0 Å². The molecule has 0 spiro atoms. The maximum Gasteiger partial charge on any atom is 0.145 e. The first kappa shape index (κ1) is 13.0. The zero-order chi connectivity index (χ0) is 13.1. The average molecular weight is 249 g/mol. The number of nitrogen functional groups attached to an aromatic ring is 1. The zero-order valence-electron chi connectivity index (χ0n) is 11.5. The van der Waals surface area contributed by atoms with Crippen molar-refractivity contribution in [2.24, 2.45) is 0 Å². The van der Waals surface area contributed by atoms with Gasteiger partial charge in [0.05, 0.1) is 12.2 Å². The fourth-order valence-electron chi connectivity index (χ4n) is 2.34. The van der Waals surface area contributed by atoms with Gasteiger partial charge in [-0.1, -0.05) is 0 Å². The molecule has 1 aromatic carbocycles. The summed E-state index contributed by atoms with van der Waals surface area (Å²) in [5, 5.41) is 0. The van der Waals surface area contributed by atoms with Gasteiger partial charge in [-0.25, -0.2) is 0 Å². The van der Waals surface area contributed by atoms with Crippen LogP contribution in [-0.2, 0) is 0 Å². The second-order valence-electron chi connectivity index (χ2n) is 5.26. The number of nitrogens with two attached hydrogens (primary N) is 1. The molecule has 4 heteroatoms. The van der Waals surface area contributed by atoms with E-state index in [1.165, 1.54) is 5.69 Å². The van der Waals surface area contributed by atoms with E-state index in [9.17, 15) is 0 Å². The molecule has 18 heavy (non-hydrogen) atoms. The van der Waals surface area contributed by atoms with Crippen molar-refractivity contribution in [3.8, 4) is 5.75 Å². The van der Waals surface area contributed by atoms with Crippen molar-refractivity contribution in [2.75, 3.05) is 44.4 Å². The lowest BCUT2D eigenvalue weighted by molar-refractivity contribution is 0.212. The van der Waals surface area contributed by atoms with Crippen molar-refractivity contribution in [3.05, 3.63) is 18.2 Å². The Morgan fingerprint density at radius 2 is 2.22 bits per heavy atom. The highest BCUT2D eigenvalue weighted by molar-refractivity contribution is 5.65. The number of hydrogen-bond acceptors (Lipinski definition) is 4. The molecule has 2 rings (SSSR count). The van der Waals surface area contributed by atoms with Gasteiger partial charge < -0.3 is 20.3 Å². The lowest BCUT2D eigenvalue weighted by Crippen LogP contribution is -2.39. The molecule has 1 aliphatic rings. The maximum absolute atomic E-state index is 5.84. The van der Waals surface area contributed by atoms with Crippen LogP contribution in [0.5, 0.6) is 5.75 Å². The molecule has 0 aliphatic carbocycles. The normalized spacial score (nSPS) is 18.7. The summed E-state index contributed by atoms with van der Waals surface area (Å²) < 4.78 is 5.84. The van der Waals surface area contributed by atoms with Crippen molar-refractivity contribution in [3.63, 3.8) is 0 Å². The number of nitrogens with zero attached hydrogens (tertiary/aromatic N) is 2. The minimum absolute atomic E-state index is 0.221. The third-order valence-electron chi connectivity index (χ3n) is 3.16. The Morgan fingerprint density at radius 3 is 2.94 bits per heavy atom. The van der Waals surface area contributed by atoms with E-state index in [0.29, 0.717) is 0 Å². The topological polar surface area (TPSA) is 41.7 Å². The van der Waals surface area contributed by atoms with E-state index < -0.39 is 0 Å². The SMILES string of the molecule is CC1CN(CCCN(C)C)c2ccc(N)cc2O1. The van der Waals surface area contributed by atoms with Gasteiger partial charge in [-0.2, -0.15) is 0 Å². The fraction of sp³-hybridized carbons (Fsp3) is 0.571. The summed E-state index contributed by atoms with van der Waals surface area (Å²) in [7, 11) is 4.22. The number of rotatable bonds is 4. The molecule has 1 unspecified atom stereocenters. The summed E-state index contributed by atoms with van der Waals surface area (Å²) in [6.45, 7) is 5.22. The predicted molar refractivity (Wildman–Crippen MR) is 76.3 cm³/mol.